The smallest absolute Gasteiger partial charge is 0.286 e. The van der Waals surface area contributed by atoms with Gasteiger partial charge in [-0.25, -0.2) is 17.2 Å². The van der Waals surface area contributed by atoms with Crippen LogP contribution in [0.15, 0.2) is 47.4 Å². The van der Waals surface area contributed by atoms with Crippen LogP contribution in [0.4, 0.5) is 14.5 Å². The Balaban J connectivity index is 1.55. The van der Waals surface area contributed by atoms with Gasteiger partial charge < -0.3 is 5.32 Å². The number of aromatic nitrogens is 2. The zero-order valence-corrected chi connectivity index (χ0v) is 18.1. The molecule has 1 fully saturated rings. The number of amides is 1. The number of carbonyl (C=O) groups excluding carboxylic acids is 1. The molecule has 4 rings (SSSR count). The summed E-state index contributed by atoms with van der Waals surface area (Å²) in [5.74, 6) is -2.78. The van der Waals surface area contributed by atoms with E-state index >= 15 is 0 Å². The molecular formula is C19H15ClF2N4O3S2. The highest BCUT2D eigenvalue weighted by atomic mass is 35.5. The second-order valence-electron chi connectivity index (χ2n) is 6.76. The predicted octanol–water partition coefficient (Wildman–Crippen LogP) is 4.25. The quantitative estimate of drug-likeness (QED) is 0.584. The molecule has 0 radical (unpaired) electrons. The van der Waals surface area contributed by atoms with Crippen molar-refractivity contribution in [1.82, 2.24) is 14.5 Å². The highest BCUT2D eigenvalue weighted by Crippen LogP contribution is 2.38. The summed E-state index contributed by atoms with van der Waals surface area (Å²) in [6, 6.07) is 8.40. The van der Waals surface area contributed by atoms with Crippen LogP contribution in [0.1, 0.15) is 33.7 Å². The SMILES string of the molecule is O=C(Nc1ccc(F)c(F)c1)c1nnc([C@H]2CCCN2S(=O)(=O)c2cccc(Cl)c2)s1. The van der Waals surface area contributed by atoms with E-state index in [2.05, 4.69) is 15.5 Å². The molecule has 1 aliphatic rings. The normalized spacial score (nSPS) is 17.1. The Morgan fingerprint density at radius 3 is 2.71 bits per heavy atom. The van der Waals surface area contributed by atoms with Crippen LogP contribution >= 0.6 is 22.9 Å². The molecule has 0 saturated carbocycles. The maximum atomic E-state index is 13.3. The first-order valence-corrected chi connectivity index (χ1v) is 11.8. The Morgan fingerprint density at radius 2 is 1.97 bits per heavy atom. The van der Waals surface area contributed by atoms with Crippen LogP contribution in [0.5, 0.6) is 0 Å². The molecule has 1 aromatic heterocycles. The van der Waals surface area contributed by atoms with Crippen LogP contribution in [0.25, 0.3) is 0 Å². The number of anilines is 1. The highest BCUT2D eigenvalue weighted by molar-refractivity contribution is 7.89. The number of benzene rings is 2. The molecule has 0 unspecified atom stereocenters. The second-order valence-corrected chi connectivity index (χ2v) is 10.1. The Labute approximate surface area is 185 Å². The van der Waals surface area contributed by atoms with Crippen molar-refractivity contribution < 1.29 is 22.0 Å². The number of hydrogen-bond donors (Lipinski definition) is 1. The standard InChI is InChI=1S/C19H15ClF2N4O3S2/c20-11-3-1-4-13(9-11)31(28,29)26-8-2-5-16(26)18-24-25-19(30-18)17(27)23-12-6-7-14(21)15(22)10-12/h1,3-4,6-7,9-10,16H,2,5,8H2,(H,23,27)/t16-/m1/s1. The minimum atomic E-state index is -3.82. The molecule has 1 atom stereocenters. The van der Waals surface area contributed by atoms with Crippen LogP contribution in [0.2, 0.25) is 5.02 Å². The molecule has 0 bridgehead atoms. The molecule has 162 valence electrons. The van der Waals surface area contributed by atoms with Gasteiger partial charge in [-0.15, -0.1) is 10.2 Å². The number of rotatable bonds is 5. The van der Waals surface area contributed by atoms with Crippen molar-refractivity contribution >= 4 is 44.6 Å². The van der Waals surface area contributed by atoms with E-state index in [9.17, 15) is 22.0 Å². The number of nitrogens with zero attached hydrogens (tertiary/aromatic N) is 3. The van der Waals surface area contributed by atoms with Crippen molar-refractivity contribution in [3.05, 3.63) is 69.1 Å². The van der Waals surface area contributed by atoms with Crippen molar-refractivity contribution in [2.45, 2.75) is 23.8 Å². The maximum absolute atomic E-state index is 13.3. The van der Waals surface area contributed by atoms with Gasteiger partial charge in [-0.05, 0) is 43.2 Å². The van der Waals surface area contributed by atoms with Crippen LogP contribution in [-0.4, -0.2) is 35.4 Å². The van der Waals surface area contributed by atoms with Gasteiger partial charge in [0.05, 0.1) is 10.9 Å². The molecule has 1 amide bonds. The van der Waals surface area contributed by atoms with Gasteiger partial charge in [0.25, 0.3) is 5.91 Å². The fraction of sp³-hybridized carbons (Fsp3) is 0.211. The number of sulfonamides is 1. The molecule has 1 aliphatic heterocycles. The van der Waals surface area contributed by atoms with Gasteiger partial charge in [-0.3, -0.25) is 4.79 Å². The molecule has 0 aliphatic carbocycles. The zero-order valence-electron chi connectivity index (χ0n) is 15.8. The van der Waals surface area contributed by atoms with Crippen molar-refractivity contribution in [2.75, 3.05) is 11.9 Å². The van der Waals surface area contributed by atoms with Gasteiger partial charge in [0.2, 0.25) is 15.0 Å². The molecule has 12 heteroatoms. The summed E-state index contributed by atoms with van der Waals surface area (Å²) in [4.78, 5) is 12.5. The van der Waals surface area contributed by atoms with E-state index < -0.39 is 33.6 Å². The second kappa shape index (κ2) is 8.58. The first-order chi connectivity index (χ1) is 14.8. The zero-order chi connectivity index (χ0) is 22.2. The largest absolute Gasteiger partial charge is 0.320 e. The van der Waals surface area contributed by atoms with Gasteiger partial charge >= 0.3 is 0 Å². The molecule has 2 aromatic carbocycles. The van der Waals surface area contributed by atoms with Crippen molar-refractivity contribution in [3.63, 3.8) is 0 Å². The van der Waals surface area contributed by atoms with Crippen LogP contribution in [-0.2, 0) is 10.0 Å². The van der Waals surface area contributed by atoms with E-state index in [0.29, 0.717) is 29.4 Å². The van der Waals surface area contributed by atoms with Crippen LogP contribution < -0.4 is 5.32 Å². The summed E-state index contributed by atoms with van der Waals surface area (Å²) in [7, 11) is -3.82. The monoisotopic (exact) mass is 484 g/mol. The van der Waals surface area contributed by atoms with E-state index in [4.69, 9.17) is 11.6 Å². The average Bonchev–Trinajstić information content (AvgIpc) is 3.40. The van der Waals surface area contributed by atoms with E-state index in [-0.39, 0.29) is 15.6 Å². The average molecular weight is 485 g/mol. The van der Waals surface area contributed by atoms with E-state index in [0.717, 1.165) is 23.5 Å². The topological polar surface area (TPSA) is 92.3 Å². The molecule has 1 N–H and O–H groups in total. The molecular weight excluding hydrogens is 470 g/mol. The van der Waals surface area contributed by atoms with E-state index in [1.807, 2.05) is 0 Å². The molecule has 7 nitrogen and oxygen atoms in total. The summed E-state index contributed by atoms with van der Waals surface area (Å²) in [6.45, 7) is 0.301. The summed E-state index contributed by atoms with van der Waals surface area (Å²) in [5.41, 5.74) is 0.0617. The lowest BCUT2D eigenvalue weighted by atomic mass is 10.2. The molecule has 0 spiro atoms. The lowest BCUT2D eigenvalue weighted by Gasteiger charge is -2.22. The molecule has 3 aromatic rings. The Kier molecular flexibility index (Phi) is 6.02. The molecule has 31 heavy (non-hydrogen) atoms. The first-order valence-electron chi connectivity index (χ1n) is 9.13. The van der Waals surface area contributed by atoms with Crippen molar-refractivity contribution in [1.29, 1.82) is 0 Å². The summed E-state index contributed by atoms with van der Waals surface area (Å²) >= 11 is 6.89. The number of carbonyl (C=O) groups is 1. The van der Waals surface area contributed by atoms with E-state index in [1.54, 1.807) is 12.1 Å². The lowest BCUT2D eigenvalue weighted by molar-refractivity contribution is 0.102. The minimum absolute atomic E-state index is 0.0215. The number of hydrogen-bond acceptors (Lipinski definition) is 6. The summed E-state index contributed by atoms with van der Waals surface area (Å²) in [6.07, 6.45) is 1.15. The fourth-order valence-electron chi connectivity index (χ4n) is 3.26. The van der Waals surface area contributed by atoms with Gasteiger partial charge in [0, 0.05) is 23.3 Å². The molecule has 2 heterocycles. The first kappa shape index (κ1) is 21.8. The molecule has 1 saturated heterocycles. The Morgan fingerprint density at radius 1 is 1.16 bits per heavy atom. The Hall–Kier alpha value is -2.47. The number of nitrogens with one attached hydrogen (secondary N) is 1. The summed E-state index contributed by atoms with van der Waals surface area (Å²) in [5, 5.41) is 10.9. The third-order valence-electron chi connectivity index (χ3n) is 4.70. The highest BCUT2D eigenvalue weighted by Gasteiger charge is 2.38. The van der Waals surface area contributed by atoms with Crippen LogP contribution in [0.3, 0.4) is 0 Å². The van der Waals surface area contributed by atoms with Crippen molar-refractivity contribution in [3.8, 4) is 0 Å². The minimum Gasteiger partial charge on any atom is -0.320 e. The lowest BCUT2D eigenvalue weighted by Crippen LogP contribution is -2.30. The number of halogens is 3. The Bertz CT molecular complexity index is 1250. The van der Waals surface area contributed by atoms with Gasteiger partial charge in [-0.2, -0.15) is 4.31 Å². The van der Waals surface area contributed by atoms with E-state index in [1.165, 1.54) is 22.5 Å². The summed E-state index contributed by atoms with van der Waals surface area (Å²) < 4.78 is 53.9. The third-order valence-corrected chi connectivity index (χ3v) is 7.87. The van der Waals surface area contributed by atoms with Gasteiger partial charge in [-0.1, -0.05) is 29.0 Å². The third kappa shape index (κ3) is 4.45. The maximum Gasteiger partial charge on any atom is 0.286 e. The van der Waals surface area contributed by atoms with Crippen LogP contribution in [0, 0.1) is 11.6 Å². The fourth-order valence-corrected chi connectivity index (χ4v) is 6.17. The van der Waals surface area contributed by atoms with Crippen molar-refractivity contribution in [2.24, 2.45) is 0 Å². The predicted molar refractivity (Wildman–Crippen MR) is 112 cm³/mol. The van der Waals surface area contributed by atoms with Gasteiger partial charge in [0.15, 0.2) is 11.6 Å². The van der Waals surface area contributed by atoms with Gasteiger partial charge in [0.1, 0.15) is 5.01 Å².